The number of fused-ring (bicyclic) bond motifs is 2. The van der Waals surface area contributed by atoms with Gasteiger partial charge in [-0.15, -0.1) is 24.5 Å². The zero-order chi connectivity index (χ0) is 25.1. The third-order valence-corrected chi connectivity index (χ3v) is 6.74. The summed E-state index contributed by atoms with van der Waals surface area (Å²) in [7, 11) is 0. The lowest BCUT2D eigenvalue weighted by Gasteiger charge is -2.33. The van der Waals surface area contributed by atoms with Crippen molar-refractivity contribution in [1.29, 1.82) is 0 Å². The quantitative estimate of drug-likeness (QED) is 0.344. The van der Waals surface area contributed by atoms with Crippen LogP contribution < -0.4 is 0 Å². The molecule has 0 spiro atoms. The molecule has 0 N–H and O–H groups in total. The molecule has 0 bridgehead atoms. The summed E-state index contributed by atoms with van der Waals surface area (Å²) in [6.07, 6.45) is -1.13. The normalized spacial score (nSPS) is 16.5. The van der Waals surface area contributed by atoms with E-state index in [4.69, 9.17) is 9.84 Å². The Kier molecular flexibility index (Phi) is 5.38. The summed E-state index contributed by atoms with van der Waals surface area (Å²) in [5.41, 5.74) is 2.85. The molecule has 1 amide bonds. The number of rotatable bonds is 2. The molecule has 0 unspecified atom stereocenters. The second-order valence-electron chi connectivity index (χ2n) is 9.50. The van der Waals surface area contributed by atoms with Crippen LogP contribution in [0, 0.1) is 0 Å². The van der Waals surface area contributed by atoms with Crippen molar-refractivity contribution < 1.29 is 22.7 Å². The molecule has 1 aliphatic rings. The third-order valence-electron chi connectivity index (χ3n) is 5.53. The number of hydrogen-bond acceptors (Lipinski definition) is 6. The van der Waals surface area contributed by atoms with Crippen LogP contribution in [-0.4, -0.2) is 47.7 Å². The van der Waals surface area contributed by atoms with Gasteiger partial charge in [-0.3, -0.25) is 9.67 Å². The molecule has 4 aromatic heterocycles. The SMILES string of the molecule is C[C@H]1CN(C(=O)OC(C)(C)C)Cc2cc(-c3ccnc4cc(-c5cnn(C(F)(F)F)c5)sc34)nn21. The highest BCUT2D eigenvalue weighted by Gasteiger charge is 2.32. The summed E-state index contributed by atoms with van der Waals surface area (Å²) in [6, 6.07) is 5.48. The van der Waals surface area contributed by atoms with Gasteiger partial charge in [-0.2, -0.15) is 14.9 Å². The predicted octanol–water partition coefficient (Wildman–Crippen LogP) is 5.81. The van der Waals surface area contributed by atoms with Crippen LogP contribution >= 0.6 is 11.3 Å². The lowest BCUT2D eigenvalue weighted by molar-refractivity contribution is -0.212. The van der Waals surface area contributed by atoms with E-state index >= 15 is 0 Å². The molecule has 8 nitrogen and oxygen atoms in total. The number of carbonyl (C=O) groups is 1. The van der Waals surface area contributed by atoms with E-state index in [0.717, 1.165) is 22.2 Å². The highest BCUT2D eigenvalue weighted by atomic mass is 32.1. The number of ether oxygens (including phenoxy) is 1. The Balaban J connectivity index is 1.48. The Morgan fingerprint density at radius 1 is 1.23 bits per heavy atom. The van der Waals surface area contributed by atoms with Gasteiger partial charge in [0.15, 0.2) is 0 Å². The van der Waals surface area contributed by atoms with Crippen molar-refractivity contribution >= 4 is 27.6 Å². The van der Waals surface area contributed by atoms with Crippen LogP contribution in [0.25, 0.3) is 31.9 Å². The molecular formula is C23H23F3N6O2S. The summed E-state index contributed by atoms with van der Waals surface area (Å²) < 4.78 is 47.1. The van der Waals surface area contributed by atoms with Gasteiger partial charge in [-0.05, 0) is 45.9 Å². The first-order valence-electron chi connectivity index (χ1n) is 11.0. The maximum Gasteiger partial charge on any atom is 0.504 e. The lowest BCUT2D eigenvalue weighted by Crippen LogP contribution is -2.43. The first kappa shape index (κ1) is 23.3. The monoisotopic (exact) mass is 504 g/mol. The van der Waals surface area contributed by atoms with Crippen molar-refractivity contribution in [3.05, 3.63) is 42.5 Å². The molecule has 12 heteroatoms. The van der Waals surface area contributed by atoms with Crippen molar-refractivity contribution in [1.82, 2.24) is 29.4 Å². The average molecular weight is 505 g/mol. The van der Waals surface area contributed by atoms with Crippen LogP contribution in [0.5, 0.6) is 0 Å². The maximum atomic E-state index is 13.0. The van der Waals surface area contributed by atoms with Crippen molar-refractivity contribution in [3.63, 3.8) is 0 Å². The molecule has 0 saturated carbocycles. The number of nitrogens with zero attached hydrogens (tertiary/aromatic N) is 6. The molecule has 5 heterocycles. The van der Waals surface area contributed by atoms with Crippen LogP contribution in [0.15, 0.2) is 36.8 Å². The van der Waals surface area contributed by atoms with E-state index in [1.807, 2.05) is 44.5 Å². The molecule has 0 fully saturated rings. The van der Waals surface area contributed by atoms with Gasteiger partial charge in [0.25, 0.3) is 0 Å². The third kappa shape index (κ3) is 4.49. The number of hydrogen-bond donors (Lipinski definition) is 0. The summed E-state index contributed by atoms with van der Waals surface area (Å²) in [6.45, 7) is 8.32. The fraction of sp³-hybridized carbons (Fsp3) is 0.391. The van der Waals surface area contributed by atoms with Crippen LogP contribution in [-0.2, 0) is 17.6 Å². The summed E-state index contributed by atoms with van der Waals surface area (Å²) >= 11 is 1.34. The first-order valence-corrected chi connectivity index (χ1v) is 11.8. The Hall–Kier alpha value is -3.41. The van der Waals surface area contributed by atoms with Crippen molar-refractivity contribution in [2.24, 2.45) is 0 Å². The van der Waals surface area contributed by atoms with E-state index in [2.05, 4.69) is 10.1 Å². The standard InChI is InChI=1S/C23H23F3N6O2S/c1-13-10-30(21(33)34-22(2,3)4)12-15-7-17(29-32(13)15)16-5-6-27-18-8-19(35-20(16)18)14-9-28-31(11-14)23(24,25)26/h5-9,11,13H,10,12H2,1-4H3/t13-/m0/s1. The van der Waals surface area contributed by atoms with Crippen LogP contribution in [0.1, 0.15) is 39.4 Å². The number of pyridine rings is 1. The number of aromatic nitrogens is 5. The van der Waals surface area contributed by atoms with E-state index in [1.54, 1.807) is 17.2 Å². The van der Waals surface area contributed by atoms with Gasteiger partial charge in [0, 0.05) is 34.9 Å². The minimum absolute atomic E-state index is 0.0116. The van der Waals surface area contributed by atoms with Gasteiger partial charge in [0.05, 0.1) is 40.4 Å². The largest absolute Gasteiger partial charge is 0.504 e. The number of carbonyl (C=O) groups excluding carboxylic acids is 1. The van der Waals surface area contributed by atoms with E-state index in [-0.39, 0.29) is 16.8 Å². The number of alkyl halides is 3. The Morgan fingerprint density at radius 2 is 2.00 bits per heavy atom. The van der Waals surface area contributed by atoms with E-state index in [9.17, 15) is 18.0 Å². The highest BCUT2D eigenvalue weighted by Crippen LogP contribution is 2.39. The lowest BCUT2D eigenvalue weighted by atomic mass is 10.1. The second kappa shape index (κ2) is 8.08. The Bertz CT molecular complexity index is 1410. The van der Waals surface area contributed by atoms with E-state index in [1.165, 1.54) is 17.5 Å². The molecular weight excluding hydrogens is 481 g/mol. The number of halogens is 3. The Morgan fingerprint density at radius 3 is 2.69 bits per heavy atom. The molecule has 35 heavy (non-hydrogen) atoms. The van der Waals surface area contributed by atoms with Crippen molar-refractivity contribution in [2.75, 3.05) is 6.54 Å². The van der Waals surface area contributed by atoms with E-state index < -0.39 is 11.9 Å². The topological polar surface area (TPSA) is 78.1 Å². The molecule has 1 aliphatic heterocycles. The molecule has 0 radical (unpaired) electrons. The fourth-order valence-corrected chi connectivity index (χ4v) is 5.17. The van der Waals surface area contributed by atoms with Crippen LogP contribution in [0.2, 0.25) is 0 Å². The van der Waals surface area contributed by atoms with Gasteiger partial charge in [0.2, 0.25) is 0 Å². The van der Waals surface area contributed by atoms with Crippen molar-refractivity contribution in [2.45, 2.75) is 52.2 Å². The zero-order valence-electron chi connectivity index (χ0n) is 19.5. The maximum absolute atomic E-state index is 13.0. The van der Waals surface area contributed by atoms with Gasteiger partial charge in [-0.25, -0.2) is 4.79 Å². The minimum Gasteiger partial charge on any atom is -0.444 e. The van der Waals surface area contributed by atoms with Crippen LogP contribution in [0.4, 0.5) is 18.0 Å². The fourth-order valence-electron chi connectivity index (χ4n) is 4.06. The summed E-state index contributed by atoms with van der Waals surface area (Å²) in [5.74, 6) is 0. The summed E-state index contributed by atoms with van der Waals surface area (Å²) in [5, 5.41) is 8.22. The van der Waals surface area contributed by atoms with Gasteiger partial charge in [0.1, 0.15) is 5.60 Å². The predicted molar refractivity (Wildman–Crippen MR) is 125 cm³/mol. The molecule has 5 rings (SSSR count). The average Bonchev–Trinajstić information content (AvgIpc) is 3.48. The molecule has 184 valence electrons. The Labute approximate surface area is 202 Å². The molecule has 0 saturated heterocycles. The number of amides is 1. The number of thiophene rings is 1. The van der Waals surface area contributed by atoms with E-state index in [0.29, 0.717) is 34.7 Å². The first-order chi connectivity index (χ1) is 16.4. The van der Waals surface area contributed by atoms with Crippen LogP contribution in [0.3, 0.4) is 0 Å². The molecule has 4 aromatic rings. The smallest absolute Gasteiger partial charge is 0.444 e. The van der Waals surface area contributed by atoms with Gasteiger partial charge < -0.3 is 9.64 Å². The highest BCUT2D eigenvalue weighted by molar-refractivity contribution is 7.22. The van der Waals surface area contributed by atoms with Gasteiger partial charge >= 0.3 is 12.4 Å². The molecule has 1 atom stereocenters. The molecule has 0 aliphatic carbocycles. The summed E-state index contributed by atoms with van der Waals surface area (Å²) in [4.78, 5) is 19.3. The second-order valence-corrected chi connectivity index (χ2v) is 10.6. The zero-order valence-corrected chi connectivity index (χ0v) is 20.3. The van der Waals surface area contributed by atoms with Gasteiger partial charge in [-0.1, -0.05) is 0 Å². The molecule has 0 aromatic carbocycles. The van der Waals surface area contributed by atoms with Crippen molar-refractivity contribution in [3.8, 4) is 21.7 Å². The minimum atomic E-state index is -4.57.